The summed E-state index contributed by atoms with van der Waals surface area (Å²) in [5.41, 5.74) is 2.51. The van der Waals surface area contributed by atoms with Crippen molar-refractivity contribution in [1.29, 1.82) is 0 Å². The third kappa shape index (κ3) is 10.5. The number of aliphatic hydroxyl groups excluding tert-OH is 1. The molecule has 10 heteroatoms. The van der Waals surface area contributed by atoms with Crippen molar-refractivity contribution in [3.63, 3.8) is 0 Å². The summed E-state index contributed by atoms with van der Waals surface area (Å²) in [6.07, 6.45) is -2.15. The summed E-state index contributed by atoms with van der Waals surface area (Å²) in [6.45, 7) is 3.52. The number of nitrogens with zero attached hydrogens (tertiary/aromatic N) is 1. The highest BCUT2D eigenvalue weighted by Crippen LogP contribution is 2.19. The topological polar surface area (TPSA) is 99.1 Å². The third-order valence-electron chi connectivity index (χ3n) is 5.57. The van der Waals surface area contributed by atoms with Crippen LogP contribution in [-0.2, 0) is 4.79 Å². The number of alkyl halides is 3. The molecule has 0 aromatic heterocycles. The van der Waals surface area contributed by atoms with Gasteiger partial charge in [0.2, 0.25) is 0 Å². The molecular formula is C27H31F3N2O5. The Morgan fingerprint density at radius 1 is 1.08 bits per heavy atom. The second-order valence-corrected chi connectivity index (χ2v) is 8.40. The van der Waals surface area contributed by atoms with Gasteiger partial charge in [-0.2, -0.15) is 13.2 Å². The lowest BCUT2D eigenvalue weighted by Gasteiger charge is -2.33. The maximum absolute atomic E-state index is 12.9. The quantitative estimate of drug-likeness (QED) is 0.382. The van der Waals surface area contributed by atoms with Crippen LogP contribution in [0.5, 0.6) is 5.75 Å². The largest absolute Gasteiger partial charge is 0.497 e. The lowest BCUT2D eigenvalue weighted by atomic mass is 9.97. The molecule has 0 saturated carbocycles. The van der Waals surface area contributed by atoms with Crippen LogP contribution in [0.25, 0.3) is 0 Å². The summed E-state index contributed by atoms with van der Waals surface area (Å²) < 4.78 is 36.9. The van der Waals surface area contributed by atoms with Crippen molar-refractivity contribution >= 4 is 11.9 Å². The Balaban J connectivity index is 0.000000604. The van der Waals surface area contributed by atoms with Gasteiger partial charge >= 0.3 is 12.1 Å². The zero-order valence-corrected chi connectivity index (χ0v) is 20.6. The zero-order chi connectivity index (χ0) is 27.3. The van der Waals surface area contributed by atoms with E-state index in [4.69, 9.17) is 19.7 Å². The minimum absolute atomic E-state index is 0.0877. The van der Waals surface area contributed by atoms with Gasteiger partial charge in [0.1, 0.15) is 5.75 Å². The molecule has 1 aliphatic heterocycles. The fourth-order valence-corrected chi connectivity index (χ4v) is 3.62. The number of piperidine rings is 1. The Morgan fingerprint density at radius 2 is 1.65 bits per heavy atom. The number of nitrogens with one attached hydrogen (secondary N) is 1. The molecule has 1 aliphatic rings. The van der Waals surface area contributed by atoms with Crippen LogP contribution < -0.4 is 10.1 Å². The van der Waals surface area contributed by atoms with Gasteiger partial charge in [-0.25, -0.2) is 4.79 Å². The van der Waals surface area contributed by atoms with E-state index in [0.717, 1.165) is 62.3 Å². The number of amides is 1. The first-order valence-electron chi connectivity index (χ1n) is 11.8. The Bertz CT molecular complexity index is 1060. The number of carbonyl (C=O) groups is 2. The van der Waals surface area contributed by atoms with Gasteiger partial charge in [0.05, 0.1) is 7.11 Å². The van der Waals surface area contributed by atoms with E-state index in [0.29, 0.717) is 11.5 Å². The Kier molecular flexibility index (Phi) is 11.9. The average Bonchev–Trinajstić information content (AvgIpc) is 2.90. The molecule has 1 amide bonds. The number of benzene rings is 2. The van der Waals surface area contributed by atoms with Crippen LogP contribution in [0.2, 0.25) is 0 Å². The van der Waals surface area contributed by atoms with E-state index < -0.39 is 12.1 Å². The van der Waals surface area contributed by atoms with E-state index in [-0.39, 0.29) is 12.5 Å². The van der Waals surface area contributed by atoms with Crippen LogP contribution in [-0.4, -0.2) is 73.1 Å². The molecule has 1 unspecified atom stereocenters. The van der Waals surface area contributed by atoms with Crippen molar-refractivity contribution in [3.05, 3.63) is 65.2 Å². The predicted molar refractivity (Wildman–Crippen MR) is 132 cm³/mol. The molecule has 3 rings (SSSR count). The summed E-state index contributed by atoms with van der Waals surface area (Å²) in [5.74, 6) is 4.89. The number of methoxy groups -OCH3 is 1. The maximum atomic E-state index is 12.9. The van der Waals surface area contributed by atoms with E-state index >= 15 is 0 Å². The van der Waals surface area contributed by atoms with E-state index in [1.807, 2.05) is 53.4 Å². The Labute approximate surface area is 214 Å². The van der Waals surface area contributed by atoms with Crippen LogP contribution in [0.3, 0.4) is 0 Å². The predicted octanol–water partition coefficient (Wildman–Crippen LogP) is 3.55. The van der Waals surface area contributed by atoms with Crippen molar-refractivity contribution in [3.8, 4) is 17.6 Å². The van der Waals surface area contributed by atoms with Gasteiger partial charge in [-0.05, 0) is 86.8 Å². The normalized spacial score (nSPS) is 15.1. The van der Waals surface area contributed by atoms with Crippen LogP contribution >= 0.6 is 0 Å². The fourth-order valence-electron chi connectivity index (χ4n) is 3.62. The van der Waals surface area contributed by atoms with Gasteiger partial charge in [-0.15, -0.1) is 0 Å². The molecule has 0 bridgehead atoms. The summed E-state index contributed by atoms with van der Waals surface area (Å²) in [6, 6.07) is 15.2. The number of carbonyl (C=O) groups excluding carboxylic acids is 1. The molecule has 200 valence electrons. The number of hydrogen-bond donors (Lipinski definition) is 3. The maximum Gasteiger partial charge on any atom is 0.490 e. The van der Waals surface area contributed by atoms with Crippen molar-refractivity contribution in [2.75, 3.05) is 39.9 Å². The van der Waals surface area contributed by atoms with E-state index in [2.05, 4.69) is 17.2 Å². The molecule has 2 aromatic rings. The van der Waals surface area contributed by atoms with E-state index in [1.54, 1.807) is 7.11 Å². The zero-order valence-electron chi connectivity index (χ0n) is 20.6. The Morgan fingerprint density at radius 3 is 2.16 bits per heavy atom. The van der Waals surface area contributed by atoms with Gasteiger partial charge in [0, 0.05) is 36.4 Å². The first-order chi connectivity index (χ1) is 17.6. The first kappa shape index (κ1) is 29.7. The molecule has 1 fully saturated rings. The number of halogens is 3. The van der Waals surface area contributed by atoms with E-state index in [9.17, 15) is 18.0 Å². The molecular weight excluding hydrogens is 489 g/mol. The van der Waals surface area contributed by atoms with E-state index in [1.165, 1.54) is 0 Å². The number of carboxylic acid groups (broad SMARTS) is 1. The SMILES string of the molecule is COc1ccc(C#Cc2ccc(C(=O)N3CCCC(CNCCCO)C3)cc2)cc1.O=C(O)C(F)(F)F. The third-order valence-corrected chi connectivity index (χ3v) is 5.57. The summed E-state index contributed by atoms with van der Waals surface area (Å²) in [4.78, 5) is 23.8. The fraction of sp³-hybridized carbons (Fsp3) is 0.407. The number of ether oxygens (including phenoxy) is 1. The number of carboxylic acids is 1. The van der Waals surface area contributed by atoms with Gasteiger partial charge in [0.15, 0.2) is 0 Å². The van der Waals surface area contributed by atoms with Gasteiger partial charge in [-0.3, -0.25) is 4.79 Å². The standard InChI is InChI=1S/C25H30N2O3.C2HF3O2/c1-30-24-13-9-21(10-14-24)6-5-20-7-11-23(12-8-20)25(29)27-16-2-4-22(19-27)18-26-15-3-17-28;3-2(4,5)1(6)7/h7-14,22,26,28H,2-4,15-19H2,1H3;(H,6,7). The summed E-state index contributed by atoms with van der Waals surface area (Å²) in [7, 11) is 1.64. The minimum atomic E-state index is -5.08. The monoisotopic (exact) mass is 520 g/mol. The molecule has 7 nitrogen and oxygen atoms in total. The van der Waals surface area contributed by atoms with Crippen molar-refractivity contribution in [2.45, 2.75) is 25.4 Å². The molecule has 1 atom stereocenters. The van der Waals surface area contributed by atoms with Crippen molar-refractivity contribution in [2.24, 2.45) is 5.92 Å². The number of hydrogen-bond acceptors (Lipinski definition) is 5. The number of aliphatic hydroxyl groups is 1. The van der Waals surface area contributed by atoms with Crippen molar-refractivity contribution in [1.82, 2.24) is 10.2 Å². The highest BCUT2D eigenvalue weighted by atomic mass is 19.4. The summed E-state index contributed by atoms with van der Waals surface area (Å²) in [5, 5.41) is 19.4. The molecule has 37 heavy (non-hydrogen) atoms. The smallest absolute Gasteiger partial charge is 0.490 e. The van der Waals surface area contributed by atoms with Crippen molar-refractivity contribution < 1.29 is 37.7 Å². The minimum Gasteiger partial charge on any atom is -0.497 e. The summed E-state index contributed by atoms with van der Waals surface area (Å²) >= 11 is 0. The van der Waals surface area contributed by atoms with Crippen LogP contribution in [0.4, 0.5) is 13.2 Å². The van der Waals surface area contributed by atoms with Gasteiger partial charge in [0.25, 0.3) is 5.91 Å². The molecule has 1 heterocycles. The Hall–Kier alpha value is -3.55. The lowest BCUT2D eigenvalue weighted by molar-refractivity contribution is -0.192. The molecule has 0 radical (unpaired) electrons. The number of aliphatic carboxylic acids is 1. The molecule has 0 aliphatic carbocycles. The second-order valence-electron chi connectivity index (χ2n) is 8.40. The molecule has 0 spiro atoms. The highest BCUT2D eigenvalue weighted by Gasteiger charge is 2.38. The molecule has 2 aromatic carbocycles. The average molecular weight is 521 g/mol. The van der Waals surface area contributed by atoms with Crippen LogP contribution in [0, 0.1) is 17.8 Å². The van der Waals surface area contributed by atoms with Gasteiger partial charge in [-0.1, -0.05) is 11.8 Å². The number of rotatable bonds is 7. The molecule has 3 N–H and O–H groups in total. The molecule has 1 saturated heterocycles. The first-order valence-corrected chi connectivity index (χ1v) is 11.8. The second kappa shape index (κ2) is 14.9. The highest BCUT2D eigenvalue weighted by molar-refractivity contribution is 5.94. The van der Waals surface area contributed by atoms with Crippen LogP contribution in [0.15, 0.2) is 48.5 Å². The number of likely N-dealkylation sites (tertiary alicyclic amines) is 1. The lowest BCUT2D eigenvalue weighted by Crippen LogP contribution is -2.43. The van der Waals surface area contributed by atoms with Crippen LogP contribution in [0.1, 0.15) is 40.7 Å². The van der Waals surface area contributed by atoms with Gasteiger partial charge < -0.3 is 25.2 Å².